The second kappa shape index (κ2) is 20.6. The molecule has 0 N–H and O–H groups in total. The Balaban J connectivity index is 0.00000106. The molecule has 0 radical (unpaired) electrons. The maximum atomic E-state index is 14.0. The smallest absolute Gasteiger partial charge is 0.652 e. The summed E-state index contributed by atoms with van der Waals surface area (Å²) in [6.45, 7) is 2.25. The van der Waals surface area contributed by atoms with Crippen molar-refractivity contribution in [1.29, 1.82) is 0 Å². The predicted octanol–water partition coefficient (Wildman–Crippen LogP) is -1.58. The van der Waals surface area contributed by atoms with Crippen molar-refractivity contribution in [2.24, 2.45) is 14.1 Å². The van der Waals surface area contributed by atoms with Gasteiger partial charge in [0.25, 0.3) is 17.4 Å². The molecule has 8 rings (SSSR count). The number of aromatic nitrogens is 4. The number of thiazole rings is 1. The van der Waals surface area contributed by atoms with Crippen LogP contribution < -0.4 is 159 Å². The SMILES string of the molecule is Cc1csc(-c2c3c(=O)n(C)c(=O)n(C)c3cn2CC(CN2C(=O)c3ccccc3C2=O)SC(c2ccccc2)(c2ccccc2)c2ccccc2)n1.O=C([O-])[O-].[Cs+].[Cs+]. The third kappa shape index (κ3) is 9.66. The molecule has 1 aliphatic heterocycles. The van der Waals surface area contributed by atoms with Gasteiger partial charge in [0.2, 0.25) is 0 Å². The number of carboxylic acid groups (broad SMARTS) is 2. The van der Waals surface area contributed by atoms with Crippen LogP contribution in [0.1, 0.15) is 43.1 Å². The van der Waals surface area contributed by atoms with Crippen molar-refractivity contribution in [3.63, 3.8) is 0 Å². The molecule has 12 nitrogen and oxygen atoms in total. The molecule has 288 valence electrons. The minimum absolute atomic E-state index is 0. The van der Waals surface area contributed by atoms with Crippen LogP contribution in [0, 0.1) is 6.92 Å². The number of rotatable bonds is 10. The normalized spacial score (nSPS) is 12.6. The number of benzene rings is 4. The summed E-state index contributed by atoms with van der Waals surface area (Å²) in [6, 6.07) is 37.7. The summed E-state index contributed by atoms with van der Waals surface area (Å²) in [7, 11) is 3.13. The zero-order chi connectivity index (χ0) is 40.4. The molecule has 3 aromatic heterocycles. The fraction of sp³-hybridized carbons (Fsp3) is 0.163. The maximum Gasteiger partial charge on any atom is 1.00 e. The molecule has 59 heavy (non-hydrogen) atoms. The monoisotopic (exact) mass is 1060 g/mol. The first-order valence-electron chi connectivity index (χ1n) is 17.8. The van der Waals surface area contributed by atoms with Crippen LogP contribution in [0.25, 0.3) is 21.6 Å². The van der Waals surface area contributed by atoms with Gasteiger partial charge in [0, 0.05) is 49.7 Å². The van der Waals surface area contributed by atoms with Crippen molar-refractivity contribution in [2.75, 3.05) is 6.54 Å². The molecule has 1 unspecified atom stereocenters. The van der Waals surface area contributed by atoms with Crippen molar-refractivity contribution in [3.05, 3.63) is 181 Å². The number of fused-ring (bicyclic) bond motifs is 2. The van der Waals surface area contributed by atoms with Crippen LogP contribution >= 0.6 is 23.1 Å². The van der Waals surface area contributed by atoms with E-state index in [1.807, 2.05) is 77.7 Å². The Morgan fingerprint density at radius 1 is 0.729 bits per heavy atom. The number of carbonyl (C=O) groups is 3. The van der Waals surface area contributed by atoms with Crippen LogP contribution in [0.3, 0.4) is 0 Å². The Labute approximate surface area is 465 Å². The standard InChI is InChI=1S/C42H35N5O4S2.CH2O3.2Cs/c1-27-26-52-37(43-27)36-35-34(44(2)41(51)45(3)40(35)50)25-46(36)23-31(24-47-38(48)32-21-13-14-22-33(32)39(47)49)53-42(28-15-7-4-8-16-28,29-17-9-5-10-18-29)30-19-11-6-12-20-30;2-1(3)4;;/h4-22,25-26,31H,23-24H2,1-3H3;(H2,2,3,4);;/q;;2*+1/p-2. The van der Waals surface area contributed by atoms with Gasteiger partial charge in [-0.1, -0.05) is 103 Å². The Bertz CT molecular complexity index is 2620. The molecule has 7 aromatic rings. The molecule has 0 aliphatic carbocycles. The van der Waals surface area contributed by atoms with Gasteiger partial charge in [-0.05, 0) is 41.9 Å². The summed E-state index contributed by atoms with van der Waals surface area (Å²) in [6.07, 6.45) is -0.505. The van der Waals surface area contributed by atoms with Crippen LogP contribution in [0.15, 0.2) is 136 Å². The molecule has 1 atom stereocenters. The third-order valence-electron chi connectivity index (χ3n) is 9.88. The van der Waals surface area contributed by atoms with E-state index in [2.05, 4.69) is 36.4 Å². The number of imide groups is 1. The largest absolute Gasteiger partial charge is 1.00 e. The number of nitrogens with zero attached hydrogens (tertiary/aromatic N) is 5. The van der Waals surface area contributed by atoms with Crippen molar-refractivity contribution in [2.45, 2.75) is 23.5 Å². The van der Waals surface area contributed by atoms with E-state index >= 15 is 0 Å². The Kier molecular flexibility index (Phi) is 16.7. The van der Waals surface area contributed by atoms with Crippen molar-refractivity contribution in [3.8, 4) is 10.7 Å². The van der Waals surface area contributed by atoms with Crippen LogP contribution in [0.2, 0.25) is 0 Å². The van der Waals surface area contributed by atoms with E-state index in [1.165, 1.54) is 27.9 Å². The molecule has 16 heteroatoms. The zero-order valence-corrected chi connectivity index (χ0v) is 47.2. The zero-order valence-electron chi connectivity index (χ0n) is 33.0. The molecule has 1 aliphatic rings. The van der Waals surface area contributed by atoms with Crippen LogP contribution in [-0.4, -0.2) is 53.3 Å². The molecular weight excluding hydrogens is 1030 g/mol. The molecule has 0 saturated heterocycles. The Hall–Kier alpha value is -2.41. The summed E-state index contributed by atoms with van der Waals surface area (Å²) >= 11 is 3.08. The first kappa shape index (κ1) is 47.6. The van der Waals surface area contributed by atoms with Crippen molar-refractivity contribution in [1.82, 2.24) is 23.6 Å². The molecule has 0 spiro atoms. The van der Waals surface area contributed by atoms with Crippen LogP contribution in [0.4, 0.5) is 4.79 Å². The van der Waals surface area contributed by atoms with Gasteiger partial charge in [0.05, 0.1) is 32.5 Å². The first-order chi connectivity index (χ1) is 27.4. The fourth-order valence-electron chi connectivity index (χ4n) is 7.36. The second-order valence-electron chi connectivity index (χ2n) is 13.4. The van der Waals surface area contributed by atoms with Gasteiger partial charge in [0.15, 0.2) is 0 Å². The molecular formula is C43H35Cs2N5O7S2. The summed E-state index contributed by atoms with van der Waals surface area (Å²) in [5, 5.41) is 19.2. The number of hydrogen-bond donors (Lipinski definition) is 0. The van der Waals surface area contributed by atoms with E-state index in [0.29, 0.717) is 32.7 Å². The minimum atomic E-state index is -2.33. The topological polar surface area (TPSA) is 162 Å². The predicted molar refractivity (Wildman–Crippen MR) is 216 cm³/mol. The number of aryl methyl sites for hydroxylation is 2. The fourth-order valence-corrected chi connectivity index (χ4v) is 10.00. The third-order valence-corrected chi connectivity index (χ3v) is 12.5. The van der Waals surface area contributed by atoms with E-state index in [-0.39, 0.29) is 163 Å². The van der Waals surface area contributed by atoms with E-state index in [4.69, 9.17) is 20.0 Å². The Morgan fingerprint density at radius 2 is 1.19 bits per heavy atom. The molecule has 0 fully saturated rings. The van der Waals surface area contributed by atoms with E-state index < -0.39 is 27.4 Å². The Morgan fingerprint density at radius 3 is 1.63 bits per heavy atom. The average Bonchev–Trinajstić information content (AvgIpc) is 3.89. The summed E-state index contributed by atoms with van der Waals surface area (Å²) < 4.78 is 3.78. The van der Waals surface area contributed by atoms with Crippen molar-refractivity contribution >= 4 is 52.0 Å². The van der Waals surface area contributed by atoms with E-state index in [0.717, 1.165) is 27.0 Å². The van der Waals surface area contributed by atoms with Gasteiger partial charge >= 0.3 is 143 Å². The quantitative estimate of drug-likeness (QED) is 0.116. The summed E-state index contributed by atoms with van der Waals surface area (Å²) in [4.78, 5) is 69.5. The number of thioether (sulfide) groups is 1. The van der Waals surface area contributed by atoms with Crippen LogP contribution in [-0.2, 0) is 25.4 Å². The molecule has 4 aromatic carbocycles. The van der Waals surface area contributed by atoms with E-state index in [9.17, 15) is 19.2 Å². The van der Waals surface area contributed by atoms with Gasteiger partial charge in [-0.2, -0.15) is 0 Å². The van der Waals surface area contributed by atoms with Gasteiger partial charge in [-0.25, -0.2) is 9.78 Å². The van der Waals surface area contributed by atoms with Crippen LogP contribution in [0.5, 0.6) is 0 Å². The number of amides is 2. The second-order valence-corrected chi connectivity index (χ2v) is 15.8. The van der Waals surface area contributed by atoms with Crippen molar-refractivity contribution < 1.29 is 162 Å². The van der Waals surface area contributed by atoms with Gasteiger partial charge in [-0.15, -0.1) is 23.1 Å². The molecule has 4 heterocycles. The number of hydrogen-bond acceptors (Lipinski definition) is 10. The average molecular weight is 1060 g/mol. The first-order valence-corrected chi connectivity index (χ1v) is 19.6. The van der Waals surface area contributed by atoms with Gasteiger partial charge in [0.1, 0.15) is 5.01 Å². The summed E-state index contributed by atoms with van der Waals surface area (Å²) in [5.41, 5.74) is 4.87. The number of carbonyl (C=O) groups excluding carboxylic acids is 3. The molecule has 2 amide bonds. The van der Waals surface area contributed by atoms with E-state index in [1.54, 1.807) is 43.1 Å². The van der Waals surface area contributed by atoms with Gasteiger partial charge in [-0.3, -0.25) is 28.4 Å². The molecule has 0 saturated carbocycles. The summed E-state index contributed by atoms with van der Waals surface area (Å²) in [5.74, 6) is -0.684. The maximum absolute atomic E-state index is 14.0. The molecule has 0 bridgehead atoms. The minimum Gasteiger partial charge on any atom is -0.652 e. The van der Waals surface area contributed by atoms with Gasteiger partial charge < -0.3 is 19.6 Å².